The molecule has 1 aliphatic heterocycles. The standard InChI is InChI=1S/C14H18F3N3O3S/c1-9(13(21)19-10-6-7-18-8-10)20-24(22,23)12-5-3-2-4-11(12)14(15,16)17/h2-5,9-10,18,20H,6-8H2,1H3,(H,19,21). The van der Waals surface area contributed by atoms with E-state index in [4.69, 9.17) is 0 Å². The Balaban J connectivity index is 2.15. The van der Waals surface area contributed by atoms with Crippen LogP contribution in [-0.2, 0) is 21.0 Å². The maximum Gasteiger partial charge on any atom is 0.417 e. The molecule has 1 aromatic rings. The molecule has 1 aliphatic rings. The molecule has 1 aromatic carbocycles. The van der Waals surface area contributed by atoms with Crippen molar-refractivity contribution in [2.24, 2.45) is 0 Å². The van der Waals surface area contributed by atoms with Crippen LogP contribution >= 0.6 is 0 Å². The highest BCUT2D eigenvalue weighted by Crippen LogP contribution is 2.33. The molecule has 0 spiro atoms. The van der Waals surface area contributed by atoms with Gasteiger partial charge in [0.15, 0.2) is 0 Å². The summed E-state index contributed by atoms with van der Waals surface area (Å²) < 4.78 is 65.4. The van der Waals surface area contributed by atoms with Crippen LogP contribution in [-0.4, -0.2) is 39.5 Å². The lowest BCUT2D eigenvalue weighted by atomic mass is 10.2. The molecule has 1 amide bonds. The minimum Gasteiger partial charge on any atom is -0.351 e. The van der Waals surface area contributed by atoms with Crippen molar-refractivity contribution in [1.82, 2.24) is 15.4 Å². The minimum absolute atomic E-state index is 0.119. The van der Waals surface area contributed by atoms with Gasteiger partial charge in [0.05, 0.1) is 16.5 Å². The molecular formula is C14H18F3N3O3S. The highest BCUT2D eigenvalue weighted by Gasteiger charge is 2.37. The number of benzene rings is 1. The third kappa shape index (κ3) is 4.46. The SMILES string of the molecule is CC(NS(=O)(=O)c1ccccc1C(F)(F)F)C(=O)NC1CCNC1. The van der Waals surface area contributed by atoms with Crippen molar-refractivity contribution in [1.29, 1.82) is 0 Å². The van der Waals surface area contributed by atoms with Gasteiger partial charge in [-0.05, 0) is 32.0 Å². The van der Waals surface area contributed by atoms with Gasteiger partial charge >= 0.3 is 6.18 Å². The fraction of sp³-hybridized carbons (Fsp3) is 0.500. The molecule has 2 rings (SSSR count). The van der Waals surface area contributed by atoms with E-state index < -0.39 is 38.6 Å². The van der Waals surface area contributed by atoms with Crippen molar-refractivity contribution in [3.05, 3.63) is 29.8 Å². The van der Waals surface area contributed by atoms with Crippen molar-refractivity contribution in [2.45, 2.75) is 36.5 Å². The molecule has 1 fully saturated rings. The number of alkyl halides is 3. The van der Waals surface area contributed by atoms with Crippen molar-refractivity contribution >= 4 is 15.9 Å². The average molecular weight is 365 g/mol. The maximum absolute atomic E-state index is 13.0. The van der Waals surface area contributed by atoms with Crippen LogP contribution in [0, 0.1) is 0 Å². The van der Waals surface area contributed by atoms with E-state index in [1.54, 1.807) is 0 Å². The van der Waals surface area contributed by atoms with Crippen LogP contribution in [0.25, 0.3) is 0 Å². The first-order valence-electron chi connectivity index (χ1n) is 7.31. The Bertz CT molecular complexity index is 701. The first-order valence-corrected chi connectivity index (χ1v) is 8.79. The second-order valence-corrected chi connectivity index (χ2v) is 7.22. The smallest absolute Gasteiger partial charge is 0.351 e. The molecule has 2 atom stereocenters. The molecule has 2 unspecified atom stereocenters. The zero-order valence-corrected chi connectivity index (χ0v) is 13.7. The molecule has 0 saturated carbocycles. The Hall–Kier alpha value is -1.65. The van der Waals surface area contributed by atoms with Gasteiger partial charge in [0.25, 0.3) is 0 Å². The largest absolute Gasteiger partial charge is 0.417 e. The molecular weight excluding hydrogens is 347 g/mol. The third-order valence-electron chi connectivity index (χ3n) is 3.61. The van der Waals surface area contributed by atoms with Crippen LogP contribution in [0.5, 0.6) is 0 Å². The van der Waals surface area contributed by atoms with E-state index in [-0.39, 0.29) is 6.04 Å². The highest BCUT2D eigenvalue weighted by atomic mass is 32.2. The molecule has 3 N–H and O–H groups in total. The van der Waals surface area contributed by atoms with E-state index in [1.807, 2.05) is 4.72 Å². The summed E-state index contributed by atoms with van der Waals surface area (Å²) in [6.07, 6.45) is -4.10. The van der Waals surface area contributed by atoms with Gasteiger partial charge in [0.2, 0.25) is 15.9 Å². The summed E-state index contributed by atoms with van der Waals surface area (Å²) in [6.45, 7) is 2.59. The summed E-state index contributed by atoms with van der Waals surface area (Å²) in [5, 5.41) is 5.68. The van der Waals surface area contributed by atoms with Crippen molar-refractivity contribution in [3.8, 4) is 0 Å². The normalized spacial score (nSPS) is 19.9. The fourth-order valence-electron chi connectivity index (χ4n) is 2.39. The van der Waals surface area contributed by atoms with Crippen LogP contribution in [0.15, 0.2) is 29.2 Å². The molecule has 1 heterocycles. The number of halogens is 3. The number of hydrogen-bond acceptors (Lipinski definition) is 4. The van der Waals surface area contributed by atoms with Gasteiger partial charge in [0.1, 0.15) is 0 Å². The number of carbonyl (C=O) groups excluding carboxylic acids is 1. The van der Waals surface area contributed by atoms with Crippen LogP contribution in [0.3, 0.4) is 0 Å². The topological polar surface area (TPSA) is 87.3 Å². The van der Waals surface area contributed by atoms with Crippen LogP contribution in [0.2, 0.25) is 0 Å². The quantitative estimate of drug-likeness (QED) is 0.722. The van der Waals surface area contributed by atoms with E-state index in [2.05, 4.69) is 10.6 Å². The van der Waals surface area contributed by atoms with Crippen LogP contribution < -0.4 is 15.4 Å². The predicted octanol–water partition coefficient (Wildman–Crippen LogP) is 0.850. The van der Waals surface area contributed by atoms with E-state index in [0.29, 0.717) is 19.0 Å². The second kappa shape index (κ2) is 7.08. The molecule has 0 aromatic heterocycles. The van der Waals surface area contributed by atoms with E-state index in [9.17, 15) is 26.4 Å². The summed E-state index contributed by atoms with van der Waals surface area (Å²) in [7, 11) is -4.50. The first-order chi connectivity index (χ1) is 11.1. The van der Waals surface area contributed by atoms with Gasteiger partial charge < -0.3 is 10.6 Å². The highest BCUT2D eigenvalue weighted by molar-refractivity contribution is 7.89. The Kier molecular flexibility index (Phi) is 5.51. The van der Waals surface area contributed by atoms with Gasteiger partial charge in [-0.1, -0.05) is 12.1 Å². The molecule has 6 nitrogen and oxygen atoms in total. The lowest BCUT2D eigenvalue weighted by Gasteiger charge is -2.19. The molecule has 0 radical (unpaired) electrons. The van der Waals surface area contributed by atoms with Gasteiger partial charge in [-0.25, -0.2) is 8.42 Å². The Morgan fingerprint density at radius 3 is 2.58 bits per heavy atom. The molecule has 134 valence electrons. The first kappa shape index (κ1) is 18.7. The van der Waals surface area contributed by atoms with E-state index in [0.717, 1.165) is 18.7 Å². The number of sulfonamides is 1. The summed E-state index contributed by atoms with van der Waals surface area (Å²) in [5.74, 6) is -0.586. The van der Waals surface area contributed by atoms with Crippen molar-refractivity contribution in [2.75, 3.05) is 13.1 Å². The zero-order chi connectivity index (χ0) is 18.0. The van der Waals surface area contributed by atoms with Crippen molar-refractivity contribution < 1.29 is 26.4 Å². The Labute approximate surface area is 137 Å². The second-order valence-electron chi connectivity index (χ2n) is 5.54. The maximum atomic E-state index is 13.0. The van der Waals surface area contributed by atoms with Gasteiger partial charge in [-0.3, -0.25) is 4.79 Å². The minimum atomic E-state index is -4.81. The molecule has 0 aliphatic carbocycles. The monoisotopic (exact) mass is 365 g/mol. The fourth-order valence-corrected chi connectivity index (χ4v) is 3.82. The van der Waals surface area contributed by atoms with Gasteiger partial charge in [0, 0.05) is 12.6 Å². The summed E-state index contributed by atoms with van der Waals surface area (Å²) in [5.41, 5.74) is -1.27. The van der Waals surface area contributed by atoms with Crippen LogP contribution in [0.1, 0.15) is 18.9 Å². The number of hydrogen-bond donors (Lipinski definition) is 3. The summed E-state index contributed by atoms with van der Waals surface area (Å²) in [4.78, 5) is 11.1. The van der Waals surface area contributed by atoms with Crippen LogP contribution in [0.4, 0.5) is 13.2 Å². The average Bonchev–Trinajstić information content (AvgIpc) is 2.99. The third-order valence-corrected chi connectivity index (χ3v) is 5.21. The molecule has 24 heavy (non-hydrogen) atoms. The van der Waals surface area contributed by atoms with Gasteiger partial charge in [-0.15, -0.1) is 0 Å². The lowest BCUT2D eigenvalue weighted by molar-refractivity contribution is -0.139. The Morgan fingerprint density at radius 1 is 1.33 bits per heavy atom. The number of amides is 1. The van der Waals surface area contributed by atoms with E-state index >= 15 is 0 Å². The summed E-state index contributed by atoms with van der Waals surface area (Å²) >= 11 is 0. The predicted molar refractivity (Wildman–Crippen MR) is 80.6 cm³/mol. The molecule has 10 heteroatoms. The van der Waals surface area contributed by atoms with Gasteiger partial charge in [-0.2, -0.15) is 17.9 Å². The summed E-state index contributed by atoms with van der Waals surface area (Å²) in [6, 6.07) is 2.52. The molecule has 1 saturated heterocycles. The Morgan fingerprint density at radius 2 is 2.00 bits per heavy atom. The number of nitrogens with one attached hydrogen (secondary N) is 3. The molecule has 0 bridgehead atoms. The number of carbonyl (C=O) groups is 1. The zero-order valence-electron chi connectivity index (χ0n) is 12.9. The van der Waals surface area contributed by atoms with Crippen molar-refractivity contribution in [3.63, 3.8) is 0 Å². The lowest BCUT2D eigenvalue weighted by Crippen LogP contribution is -2.48. The number of rotatable bonds is 5. The van der Waals surface area contributed by atoms with E-state index in [1.165, 1.54) is 13.0 Å².